The minimum absolute atomic E-state index is 0.00673. The summed E-state index contributed by atoms with van der Waals surface area (Å²) in [6.45, 7) is 3.05. The number of aromatic amines is 1. The molecule has 22 nitrogen and oxygen atoms in total. The van der Waals surface area contributed by atoms with Gasteiger partial charge in [0.1, 0.15) is 36.8 Å². The molecule has 1 aromatic carbocycles. The molecule has 0 aliphatic heterocycles. The molecule has 2 aromatic rings. The van der Waals surface area contributed by atoms with Crippen LogP contribution in [0.5, 0.6) is 0 Å². The monoisotopic (exact) mass is 789 g/mol. The topological polar surface area (TPSA) is 376 Å². The van der Waals surface area contributed by atoms with Crippen LogP contribution in [-0.4, -0.2) is 130 Å². The largest absolute Gasteiger partial charge is 0.481 e. The van der Waals surface area contributed by atoms with Crippen molar-refractivity contribution < 1.29 is 53.7 Å². The zero-order valence-corrected chi connectivity index (χ0v) is 31.2. The van der Waals surface area contributed by atoms with Gasteiger partial charge in [0.2, 0.25) is 35.4 Å². The Morgan fingerprint density at radius 3 is 1.96 bits per heavy atom. The van der Waals surface area contributed by atoms with Gasteiger partial charge in [-0.1, -0.05) is 32.0 Å². The maximum Gasteiger partial charge on any atom is 0.322 e. The van der Waals surface area contributed by atoms with Gasteiger partial charge in [0.05, 0.1) is 19.1 Å². The highest BCUT2D eigenvalue weighted by atomic mass is 16.4. The number of aliphatic carboxylic acids is 2. The number of aliphatic hydroxyl groups is 1. The van der Waals surface area contributed by atoms with Crippen molar-refractivity contribution in [3.05, 3.63) is 36.0 Å². The molecule has 0 fully saturated rings. The van der Waals surface area contributed by atoms with Gasteiger partial charge < -0.3 is 69.4 Å². The molecule has 6 atom stereocenters. The van der Waals surface area contributed by atoms with Crippen molar-refractivity contribution >= 4 is 64.2 Å². The molecule has 0 bridgehead atoms. The summed E-state index contributed by atoms with van der Waals surface area (Å²) >= 11 is 0. The Morgan fingerprint density at radius 2 is 1.38 bits per heavy atom. The summed E-state index contributed by atoms with van der Waals surface area (Å²) in [6.07, 6.45) is -0.849. The number of aliphatic hydroxyl groups excluding tert-OH is 1. The Labute approximate surface area is 321 Å². The highest BCUT2D eigenvalue weighted by Gasteiger charge is 2.35. The summed E-state index contributed by atoms with van der Waals surface area (Å²) in [7, 11) is 0. The van der Waals surface area contributed by atoms with Crippen LogP contribution in [0.4, 0.5) is 0 Å². The van der Waals surface area contributed by atoms with Crippen molar-refractivity contribution in [3.63, 3.8) is 0 Å². The number of aromatic nitrogens is 1. The standard InChI is InChI=1S/C34H51N11O11/c1-16(2)27(32(55)42-21(9-6-10-38-34(36)37)30(53)43-23(12-25(48)49)29(52)40-15-26(50)51)44-33(56)28(17(3)46)45-31(54)22(41-24(47)13-35)11-18-14-39-20-8-5-4-7-19(18)20/h4-5,7-8,14,16-17,21-23,27-28,39,46H,6,9-13,15,35H2,1-3H3,(H,40,52)(H,41,47)(H,42,55)(H,43,53)(H,44,56)(H,45,54)(H,48,49)(H,50,51)(H4,36,37,38)/t17-,21+,22+,23+,27+,28+/m1/s1. The summed E-state index contributed by atoms with van der Waals surface area (Å²) < 4.78 is 0. The molecule has 56 heavy (non-hydrogen) atoms. The van der Waals surface area contributed by atoms with E-state index in [2.05, 4.69) is 36.6 Å². The minimum atomic E-state index is -1.73. The Balaban J connectivity index is 2.30. The van der Waals surface area contributed by atoms with E-state index in [-0.39, 0.29) is 31.8 Å². The molecule has 16 N–H and O–H groups in total. The molecular formula is C34H51N11O11. The van der Waals surface area contributed by atoms with Gasteiger partial charge in [0, 0.05) is 30.1 Å². The predicted octanol–water partition coefficient (Wildman–Crippen LogP) is -4.14. The highest BCUT2D eigenvalue weighted by molar-refractivity contribution is 5.98. The van der Waals surface area contributed by atoms with E-state index in [1.807, 2.05) is 23.5 Å². The van der Waals surface area contributed by atoms with Gasteiger partial charge in [-0.15, -0.1) is 0 Å². The maximum absolute atomic E-state index is 13.7. The van der Waals surface area contributed by atoms with Crippen LogP contribution in [0.2, 0.25) is 0 Å². The Hall–Kier alpha value is -6.29. The van der Waals surface area contributed by atoms with Crippen molar-refractivity contribution in [2.24, 2.45) is 28.1 Å². The fourth-order valence-corrected chi connectivity index (χ4v) is 5.40. The number of benzene rings is 1. The molecule has 22 heteroatoms. The summed E-state index contributed by atoms with van der Waals surface area (Å²) in [5, 5.41) is 43.7. The molecule has 2 rings (SSSR count). The SMILES string of the molecule is CC(C)[C@H](NC(=O)[C@@H](NC(=O)[C@H](Cc1c[nH]c2ccccc12)NC(=O)CN)[C@@H](C)O)C(=O)N[C@@H](CCCN=C(N)N)C(=O)N[C@@H](CC(=O)O)C(=O)NCC(=O)O. The van der Waals surface area contributed by atoms with Crippen LogP contribution in [0, 0.1) is 5.92 Å². The summed E-state index contributed by atoms with van der Waals surface area (Å²) in [4.78, 5) is 108. The lowest BCUT2D eigenvalue weighted by Crippen LogP contribution is -2.62. The molecule has 1 aromatic heterocycles. The van der Waals surface area contributed by atoms with E-state index < -0.39 is 109 Å². The molecule has 0 saturated heterocycles. The molecule has 0 unspecified atom stereocenters. The number of carboxylic acids is 2. The van der Waals surface area contributed by atoms with E-state index in [0.717, 1.165) is 10.9 Å². The minimum Gasteiger partial charge on any atom is -0.481 e. The third-order valence-electron chi connectivity index (χ3n) is 8.25. The number of carbonyl (C=O) groups is 8. The van der Waals surface area contributed by atoms with Crippen molar-refractivity contribution in [2.45, 2.75) is 82.8 Å². The van der Waals surface area contributed by atoms with Gasteiger partial charge in [-0.05, 0) is 37.3 Å². The second-order valence-corrected chi connectivity index (χ2v) is 13.1. The molecule has 0 spiro atoms. The molecule has 1 heterocycles. The lowest BCUT2D eigenvalue weighted by molar-refractivity contribution is -0.142. The summed E-state index contributed by atoms with van der Waals surface area (Å²) in [5.41, 5.74) is 17.6. The first-order chi connectivity index (χ1) is 26.3. The van der Waals surface area contributed by atoms with Crippen LogP contribution >= 0.6 is 0 Å². The number of guanidine groups is 1. The number of amides is 6. The number of hydrogen-bond donors (Lipinski definition) is 13. The number of nitrogens with two attached hydrogens (primary N) is 3. The van der Waals surface area contributed by atoms with Crippen LogP contribution in [0.25, 0.3) is 10.9 Å². The molecule has 0 radical (unpaired) electrons. The number of rotatable bonds is 23. The van der Waals surface area contributed by atoms with Crippen molar-refractivity contribution in [1.29, 1.82) is 0 Å². The van der Waals surface area contributed by atoms with Gasteiger partial charge >= 0.3 is 11.9 Å². The van der Waals surface area contributed by atoms with E-state index in [0.29, 0.717) is 5.56 Å². The average molecular weight is 790 g/mol. The molecular weight excluding hydrogens is 738 g/mol. The molecule has 6 amide bonds. The van der Waals surface area contributed by atoms with Gasteiger partial charge in [-0.2, -0.15) is 0 Å². The van der Waals surface area contributed by atoms with Gasteiger partial charge in [0.15, 0.2) is 5.96 Å². The van der Waals surface area contributed by atoms with Crippen LogP contribution in [-0.2, 0) is 44.8 Å². The van der Waals surface area contributed by atoms with Crippen LogP contribution < -0.4 is 49.1 Å². The first-order valence-electron chi connectivity index (χ1n) is 17.5. The third kappa shape index (κ3) is 14.9. The first-order valence-corrected chi connectivity index (χ1v) is 17.5. The highest BCUT2D eigenvalue weighted by Crippen LogP contribution is 2.19. The Kier molecular flexibility index (Phi) is 18.2. The zero-order valence-electron chi connectivity index (χ0n) is 31.2. The van der Waals surface area contributed by atoms with Gasteiger partial charge in [0.25, 0.3) is 0 Å². The first kappa shape index (κ1) is 45.9. The van der Waals surface area contributed by atoms with E-state index >= 15 is 0 Å². The van der Waals surface area contributed by atoms with Crippen molar-refractivity contribution in [1.82, 2.24) is 36.9 Å². The second kappa shape index (κ2) is 22.2. The van der Waals surface area contributed by atoms with Crippen molar-refractivity contribution in [2.75, 3.05) is 19.6 Å². The van der Waals surface area contributed by atoms with E-state index in [4.69, 9.17) is 22.3 Å². The molecule has 0 aliphatic rings. The Bertz CT molecular complexity index is 1760. The van der Waals surface area contributed by atoms with Gasteiger partial charge in [-0.25, -0.2) is 0 Å². The van der Waals surface area contributed by atoms with Crippen LogP contribution in [0.3, 0.4) is 0 Å². The fourth-order valence-electron chi connectivity index (χ4n) is 5.40. The van der Waals surface area contributed by atoms with E-state index in [1.165, 1.54) is 6.92 Å². The number of fused-ring (bicyclic) bond motifs is 1. The number of nitrogens with one attached hydrogen (secondary N) is 7. The molecule has 0 saturated carbocycles. The lowest BCUT2D eigenvalue weighted by atomic mass is 10.00. The predicted molar refractivity (Wildman–Crippen MR) is 200 cm³/mol. The van der Waals surface area contributed by atoms with Gasteiger partial charge in [-0.3, -0.25) is 43.3 Å². The number of hydrogen-bond acceptors (Lipinski definition) is 11. The Morgan fingerprint density at radius 1 is 0.768 bits per heavy atom. The number of nitrogens with zero attached hydrogens (tertiary/aromatic N) is 1. The quantitative estimate of drug-likeness (QED) is 0.0289. The third-order valence-corrected chi connectivity index (χ3v) is 8.25. The molecule has 308 valence electrons. The normalized spacial score (nSPS) is 14.2. The maximum atomic E-state index is 13.7. The second-order valence-electron chi connectivity index (χ2n) is 13.1. The molecule has 0 aliphatic carbocycles. The fraction of sp³-hybridized carbons (Fsp3) is 0.500. The number of para-hydroxylation sites is 1. The smallest absolute Gasteiger partial charge is 0.322 e. The van der Waals surface area contributed by atoms with E-state index in [1.54, 1.807) is 26.1 Å². The number of carboxylic acid groups (broad SMARTS) is 2. The summed E-state index contributed by atoms with van der Waals surface area (Å²) in [5.74, 6) is -9.38. The lowest BCUT2D eigenvalue weighted by Gasteiger charge is -2.29. The van der Waals surface area contributed by atoms with Crippen LogP contribution in [0.1, 0.15) is 45.6 Å². The summed E-state index contributed by atoms with van der Waals surface area (Å²) in [6, 6.07) is -0.212. The van der Waals surface area contributed by atoms with Crippen LogP contribution in [0.15, 0.2) is 35.5 Å². The number of carbonyl (C=O) groups excluding carboxylic acids is 6. The van der Waals surface area contributed by atoms with Crippen molar-refractivity contribution in [3.8, 4) is 0 Å². The zero-order chi connectivity index (χ0) is 42.1. The number of aliphatic imine (C=N–C) groups is 1. The van der Waals surface area contributed by atoms with E-state index in [9.17, 15) is 48.6 Å². The average Bonchev–Trinajstić information content (AvgIpc) is 3.53. The number of H-pyrrole nitrogens is 1.